The van der Waals surface area contributed by atoms with Crippen LogP contribution in [0.1, 0.15) is 53.0 Å². The highest BCUT2D eigenvalue weighted by Gasteiger charge is 2.28. The van der Waals surface area contributed by atoms with E-state index in [1.54, 1.807) is 22.9 Å². The van der Waals surface area contributed by atoms with Gasteiger partial charge in [0.2, 0.25) is 0 Å². The molecule has 0 bridgehead atoms. The number of hydrogen-bond acceptors (Lipinski definition) is 6. The summed E-state index contributed by atoms with van der Waals surface area (Å²) in [4.78, 5) is 12.8. The topological polar surface area (TPSA) is 86.5 Å². The van der Waals surface area contributed by atoms with Crippen LogP contribution < -0.4 is 9.47 Å². The van der Waals surface area contributed by atoms with E-state index in [9.17, 15) is 9.90 Å². The van der Waals surface area contributed by atoms with Gasteiger partial charge in [-0.15, -0.1) is 5.10 Å². The molecule has 5 rings (SSSR count). The van der Waals surface area contributed by atoms with Gasteiger partial charge < -0.3 is 14.6 Å². The number of ether oxygens (including phenoxy) is 2. The van der Waals surface area contributed by atoms with Gasteiger partial charge in [-0.2, -0.15) is 0 Å². The van der Waals surface area contributed by atoms with Gasteiger partial charge in [-0.3, -0.25) is 4.79 Å². The number of aromatic hydroxyl groups is 1. The molecule has 0 spiro atoms. The summed E-state index contributed by atoms with van der Waals surface area (Å²) in [6.45, 7) is 6.34. The van der Waals surface area contributed by atoms with Crippen LogP contribution in [0.3, 0.4) is 0 Å². The van der Waals surface area contributed by atoms with E-state index in [2.05, 4.69) is 26.2 Å². The molecule has 0 saturated carbocycles. The molecule has 0 saturated heterocycles. The van der Waals surface area contributed by atoms with E-state index in [1.165, 1.54) is 6.08 Å². The Labute approximate surface area is 229 Å². The summed E-state index contributed by atoms with van der Waals surface area (Å²) in [7, 11) is 0. The van der Waals surface area contributed by atoms with Crippen LogP contribution in [0.5, 0.6) is 17.2 Å². The number of hydrogen-bond donors (Lipinski definition) is 1. The second kappa shape index (κ2) is 10.5. The van der Waals surface area contributed by atoms with Crippen molar-refractivity contribution >= 4 is 27.8 Å². The summed E-state index contributed by atoms with van der Waals surface area (Å²) >= 11 is 3.54. The molecule has 1 aromatic heterocycles. The molecule has 38 heavy (non-hydrogen) atoms. The smallest absolute Gasteiger partial charge is 0.189 e. The molecule has 0 radical (unpaired) electrons. The highest BCUT2D eigenvalue weighted by molar-refractivity contribution is 9.10. The Balaban J connectivity index is 1.19. The number of rotatable bonds is 7. The summed E-state index contributed by atoms with van der Waals surface area (Å²) in [5.74, 6) is 0.975. The van der Waals surface area contributed by atoms with E-state index in [4.69, 9.17) is 9.47 Å². The standard InChI is InChI=1S/C30H28BrN3O4/c1-19-4-8-23(15-26(19)31)34-17-22(32-33-34)18-37-24-9-5-20(6-10-24)7-11-27(35)25-14-21-12-13-30(2,3)38-29(21)16-28(25)36/h4-11,14-17,36H,12-13,18H2,1-3H3/b11-7+. The van der Waals surface area contributed by atoms with Crippen molar-refractivity contribution in [3.63, 3.8) is 0 Å². The summed E-state index contributed by atoms with van der Waals surface area (Å²) < 4.78 is 14.5. The minimum atomic E-state index is -0.279. The summed E-state index contributed by atoms with van der Waals surface area (Å²) in [6, 6.07) is 16.7. The van der Waals surface area contributed by atoms with E-state index >= 15 is 0 Å². The molecule has 0 amide bonds. The number of nitrogens with zero attached hydrogens (tertiary/aromatic N) is 3. The van der Waals surface area contributed by atoms with Gasteiger partial charge in [0.05, 0.1) is 17.4 Å². The predicted octanol–water partition coefficient (Wildman–Crippen LogP) is 6.62. The molecule has 0 fully saturated rings. The number of allylic oxidation sites excluding steroid dienone is 1. The number of carbonyl (C=O) groups excluding carboxylic acids is 1. The average molecular weight is 574 g/mol. The lowest BCUT2D eigenvalue weighted by Gasteiger charge is -2.32. The van der Waals surface area contributed by atoms with Crippen LogP contribution in [0.25, 0.3) is 11.8 Å². The number of halogens is 1. The zero-order valence-corrected chi connectivity index (χ0v) is 23.0. The molecule has 194 valence electrons. The Morgan fingerprint density at radius 3 is 2.74 bits per heavy atom. The van der Waals surface area contributed by atoms with Crippen molar-refractivity contribution in [1.82, 2.24) is 15.0 Å². The van der Waals surface area contributed by atoms with Crippen molar-refractivity contribution in [3.8, 4) is 22.9 Å². The number of fused-ring (bicyclic) bond motifs is 1. The molecular weight excluding hydrogens is 546 g/mol. The highest BCUT2D eigenvalue weighted by atomic mass is 79.9. The van der Waals surface area contributed by atoms with E-state index in [1.807, 2.05) is 69.4 Å². The van der Waals surface area contributed by atoms with Crippen molar-refractivity contribution in [3.05, 3.63) is 99.3 Å². The van der Waals surface area contributed by atoms with Gasteiger partial charge in [-0.05, 0) is 86.7 Å². The van der Waals surface area contributed by atoms with E-state index in [-0.39, 0.29) is 29.3 Å². The predicted molar refractivity (Wildman–Crippen MR) is 149 cm³/mol. The van der Waals surface area contributed by atoms with Crippen molar-refractivity contribution in [2.75, 3.05) is 0 Å². The zero-order valence-electron chi connectivity index (χ0n) is 21.4. The van der Waals surface area contributed by atoms with Crippen LogP contribution in [-0.2, 0) is 13.0 Å². The molecule has 0 unspecified atom stereocenters. The number of benzene rings is 3. The number of aromatic nitrogens is 3. The molecule has 0 atom stereocenters. The summed E-state index contributed by atoms with van der Waals surface area (Å²) in [5.41, 5.74) is 4.53. The van der Waals surface area contributed by atoms with Gasteiger partial charge in [0.15, 0.2) is 5.78 Å². The van der Waals surface area contributed by atoms with Crippen LogP contribution in [0, 0.1) is 6.92 Å². The lowest BCUT2D eigenvalue weighted by molar-refractivity contribution is 0.0842. The third-order valence-electron chi connectivity index (χ3n) is 6.48. The minimum absolute atomic E-state index is 0.0770. The molecule has 1 N–H and O–H groups in total. The van der Waals surface area contributed by atoms with Crippen molar-refractivity contribution in [1.29, 1.82) is 0 Å². The molecule has 7 nitrogen and oxygen atoms in total. The van der Waals surface area contributed by atoms with Gasteiger partial charge in [-0.1, -0.05) is 45.4 Å². The van der Waals surface area contributed by atoms with Gasteiger partial charge in [0, 0.05) is 10.5 Å². The summed E-state index contributed by atoms with van der Waals surface area (Å²) in [6.07, 6.45) is 6.67. The second-order valence-electron chi connectivity index (χ2n) is 9.98. The first-order valence-electron chi connectivity index (χ1n) is 12.3. The number of carbonyl (C=O) groups is 1. The Hall–Kier alpha value is -3.91. The van der Waals surface area contributed by atoms with Gasteiger partial charge >= 0.3 is 0 Å². The number of aryl methyl sites for hydroxylation is 2. The maximum Gasteiger partial charge on any atom is 0.189 e. The molecule has 3 aromatic carbocycles. The third-order valence-corrected chi connectivity index (χ3v) is 7.34. The van der Waals surface area contributed by atoms with E-state index in [0.717, 1.165) is 39.7 Å². The Bertz CT molecular complexity index is 1520. The number of ketones is 1. The van der Waals surface area contributed by atoms with Gasteiger partial charge in [-0.25, -0.2) is 4.68 Å². The lowest BCUT2D eigenvalue weighted by Crippen LogP contribution is -2.32. The lowest BCUT2D eigenvalue weighted by atomic mass is 9.92. The van der Waals surface area contributed by atoms with Crippen LogP contribution >= 0.6 is 15.9 Å². The molecule has 1 aliphatic rings. The number of phenols is 1. The molecule has 2 heterocycles. The van der Waals surface area contributed by atoms with Crippen molar-refractivity contribution in [2.24, 2.45) is 0 Å². The Kier molecular flexibility index (Phi) is 7.08. The maximum atomic E-state index is 12.8. The fraction of sp³-hybridized carbons (Fsp3) is 0.233. The molecule has 8 heteroatoms. The van der Waals surface area contributed by atoms with Crippen LogP contribution in [0.15, 0.2) is 71.3 Å². The average Bonchev–Trinajstić information content (AvgIpc) is 3.36. The highest BCUT2D eigenvalue weighted by Crippen LogP contribution is 2.37. The molecule has 1 aliphatic heterocycles. The first-order valence-corrected chi connectivity index (χ1v) is 13.1. The van der Waals surface area contributed by atoms with Gasteiger partial charge in [0.1, 0.15) is 35.2 Å². The first kappa shape index (κ1) is 25.7. The second-order valence-corrected chi connectivity index (χ2v) is 10.8. The fourth-order valence-electron chi connectivity index (χ4n) is 4.20. The quantitative estimate of drug-likeness (QED) is 0.197. The van der Waals surface area contributed by atoms with Crippen molar-refractivity contribution in [2.45, 2.75) is 45.8 Å². The van der Waals surface area contributed by atoms with Crippen LogP contribution in [0.4, 0.5) is 0 Å². The summed E-state index contributed by atoms with van der Waals surface area (Å²) in [5, 5.41) is 18.8. The Morgan fingerprint density at radius 2 is 1.97 bits per heavy atom. The van der Waals surface area contributed by atoms with Gasteiger partial charge in [0.25, 0.3) is 0 Å². The largest absolute Gasteiger partial charge is 0.507 e. The third kappa shape index (κ3) is 5.81. The van der Waals surface area contributed by atoms with E-state index in [0.29, 0.717) is 17.2 Å². The minimum Gasteiger partial charge on any atom is -0.507 e. The van der Waals surface area contributed by atoms with Crippen LogP contribution in [-0.4, -0.2) is 31.5 Å². The zero-order chi connectivity index (χ0) is 26.9. The number of phenolic OH excluding ortho intramolecular Hbond substituents is 1. The molecule has 4 aromatic rings. The normalized spacial score (nSPS) is 14.2. The SMILES string of the molecule is Cc1ccc(-n2cc(COc3ccc(/C=C/C(=O)c4cc5c(cc4O)OC(C)(C)CC5)cc3)nn2)cc1Br. The monoisotopic (exact) mass is 573 g/mol. The Morgan fingerprint density at radius 1 is 1.18 bits per heavy atom. The molecule has 0 aliphatic carbocycles. The first-order chi connectivity index (χ1) is 18.2. The van der Waals surface area contributed by atoms with E-state index < -0.39 is 0 Å². The molecular formula is C30H28BrN3O4. The van der Waals surface area contributed by atoms with Crippen molar-refractivity contribution < 1.29 is 19.4 Å². The van der Waals surface area contributed by atoms with Crippen LogP contribution in [0.2, 0.25) is 0 Å². The fourth-order valence-corrected chi connectivity index (χ4v) is 4.56. The maximum absolute atomic E-state index is 12.8.